The summed E-state index contributed by atoms with van der Waals surface area (Å²) in [6, 6.07) is 2.05. The van der Waals surface area contributed by atoms with Crippen molar-refractivity contribution in [2.24, 2.45) is 12.8 Å². The molecule has 90 valence electrons. The van der Waals surface area contributed by atoms with Crippen molar-refractivity contribution < 1.29 is 0 Å². The quantitative estimate of drug-likeness (QED) is 0.870. The van der Waals surface area contributed by atoms with Gasteiger partial charge in [-0.05, 0) is 30.5 Å². The molecule has 0 fully saturated rings. The van der Waals surface area contributed by atoms with E-state index < -0.39 is 0 Å². The maximum atomic E-state index is 6.20. The molecule has 0 saturated carbocycles. The lowest BCUT2D eigenvalue weighted by atomic mass is 10.00. The number of nitrogens with zero attached hydrogens (tertiary/aromatic N) is 3. The molecule has 0 bridgehead atoms. The molecule has 17 heavy (non-hydrogen) atoms. The summed E-state index contributed by atoms with van der Waals surface area (Å²) in [7, 11) is 2.01. The molecular formula is C13H18N4. The Balaban J connectivity index is 2.01. The van der Waals surface area contributed by atoms with E-state index in [0.717, 1.165) is 24.2 Å². The zero-order valence-corrected chi connectivity index (χ0v) is 10.3. The zero-order chi connectivity index (χ0) is 12.3. The third-order valence-electron chi connectivity index (χ3n) is 3.06. The van der Waals surface area contributed by atoms with Crippen LogP contribution in [0.1, 0.15) is 29.4 Å². The maximum Gasteiger partial charge on any atom is 0.108 e. The third kappa shape index (κ3) is 2.71. The molecule has 0 saturated heterocycles. The van der Waals surface area contributed by atoms with Crippen LogP contribution in [-0.4, -0.2) is 14.5 Å². The molecule has 2 heterocycles. The van der Waals surface area contributed by atoms with Crippen molar-refractivity contribution >= 4 is 0 Å². The molecule has 0 spiro atoms. The largest absolute Gasteiger partial charge is 0.338 e. The number of rotatable bonds is 4. The summed E-state index contributed by atoms with van der Waals surface area (Å²) >= 11 is 0. The van der Waals surface area contributed by atoms with Crippen LogP contribution in [0.4, 0.5) is 0 Å². The van der Waals surface area contributed by atoms with Crippen LogP contribution in [0.3, 0.4) is 0 Å². The Labute approximate surface area is 102 Å². The molecule has 4 heteroatoms. The monoisotopic (exact) mass is 230 g/mol. The van der Waals surface area contributed by atoms with Crippen LogP contribution in [0.25, 0.3) is 0 Å². The normalized spacial score (nSPS) is 12.6. The fourth-order valence-corrected chi connectivity index (χ4v) is 1.98. The van der Waals surface area contributed by atoms with E-state index in [1.54, 1.807) is 6.20 Å². The average molecular weight is 230 g/mol. The predicted molar refractivity (Wildman–Crippen MR) is 67.4 cm³/mol. The van der Waals surface area contributed by atoms with Crippen molar-refractivity contribution in [3.8, 4) is 0 Å². The van der Waals surface area contributed by atoms with Crippen molar-refractivity contribution in [1.82, 2.24) is 14.5 Å². The van der Waals surface area contributed by atoms with Crippen LogP contribution in [0.2, 0.25) is 0 Å². The standard InChI is InChI=1S/C13H18N4/c1-10-9-15-6-5-11(10)12(14)3-4-13-16-7-8-17(13)2/h5-9,12H,3-4,14H2,1-2H3. The van der Waals surface area contributed by atoms with Crippen LogP contribution in [-0.2, 0) is 13.5 Å². The lowest BCUT2D eigenvalue weighted by Gasteiger charge is -2.13. The molecule has 1 unspecified atom stereocenters. The Kier molecular flexibility index (Phi) is 3.54. The molecule has 4 nitrogen and oxygen atoms in total. The van der Waals surface area contributed by atoms with Gasteiger partial charge in [-0.15, -0.1) is 0 Å². The molecule has 0 aromatic carbocycles. The molecule has 0 amide bonds. The summed E-state index contributed by atoms with van der Waals surface area (Å²) in [6.07, 6.45) is 9.22. The molecule has 2 aromatic rings. The van der Waals surface area contributed by atoms with E-state index in [4.69, 9.17) is 5.73 Å². The minimum atomic E-state index is 0.0506. The smallest absolute Gasteiger partial charge is 0.108 e. The lowest BCUT2D eigenvalue weighted by Crippen LogP contribution is -2.14. The van der Waals surface area contributed by atoms with Gasteiger partial charge in [-0.1, -0.05) is 0 Å². The van der Waals surface area contributed by atoms with Gasteiger partial charge in [-0.25, -0.2) is 4.98 Å². The Morgan fingerprint density at radius 2 is 2.24 bits per heavy atom. The number of aromatic nitrogens is 3. The van der Waals surface area contributed by atoms with Gasteiger partial charge >= 0.3 is 0 Å². The second-order valence-corrected chi connectivity index (χ2v) is 4.33. The SMILES string of the molecule is Cc1cnccc1C(N)CCc1nccn1C. The van der Waals surface area contributed by atoms with Gasteiger partial charge < -0.3 is 10.3 Å². The zero-order valence-electron chi connectivity index (χ0n) is 10.3. The summed E-state index contributed by atoms with van der Waals surface area (Å²) in [5.74, 6) is 1.08. The highest BCUT2D eigenvalue weighted by Crippen LogP contribution is 2.18. The summed E-state index contributed by atoms with van der Waals surface area (Å²) in [6.45, 7) is 2.04. The molecule has 0 aliphatic heterocycles. The van der Waals surface area contributed by atoms with Gasteiger partial charge in [-0.2, -0.15) is 0 Å². The van der Waals surface area contributed by atoms with Gasteiger partial charge in [0.05, 0.1) is 0 Å². The number of aryl methyl sites for hydroxylation is 3. The van der Waals surface area contributed by atoms with Gasteiger partial charge in [-0.3, -0.25) is 4.98 Å². The van der Waals surface area contributed by atoms with E-state index in [1.165, 1.54) is 5.56 Å². The Hall–Kier alpha value is -1.68. The Morgan fingerprint density at radius 3 is 2.88 bits per heavy atom. The summed E-state index contributed by atoms with van der Waals surface area (Å²) in [5, 5.41) is 0. The van der Waals surface area contributed by atoms with E-state index in [0.29, 0.717) is 0 Å². The molecule has 0 aliphatic rings. The second-order valence-electron chi connectivity index (χ2n) is 4.33. The number of hydrogen-bond acceptors (Lipinski definition) is 3. The van der Waals surface area contributed by atoms with Crippen LogP contribution in [0, 0.1) is 6.92 Å². The molecule has 2 aromatic heterocycles. The third-order valence-corrected chi connectivity index (χ3v) is 3.06. The summed E-state index contributed by atoms with van der Waals surface area (Å²) < 4.78 is 2.03. The van der Waals surface area contributed by atoms with Crippen LogP contribution >= 0.6 is 0 Å². The topological polar surface area (TPSA) is 56.7 Å². The first kappa shape index (κ1) is 11.8. The molecule has 2 rings (SSSR count). The highest BCUT2D eigenvalue weighted by atomic mass is 15.0. The number of pyridine rings is 1. The molecule has 2 N–H and O–H groups in total. The fraction of sp³-hybridized carbons (Fsp3) is 0.385. The minimum Gasteiger partial charge on any atom is -0.338 e. The predicted octanol–water partition coefficient (Wildman–Crippen LogP) is 1.76. The fourth-order valence-electron chi connectivity index (χ4n) is 1.98. The van der Waals surface area contributed by atoms with Gasteiger partial charge in [0.15, 0.2) is 0 Å². The second kappa shape index (κ2) is 5.10. The summed E-state index contributed by atoms with van der Waals surface area (Å²) in [4.78, 5) is 8.38. The average Bonchev–Trinajstić information content (AvgIpc) is 2.72. The van der Waals surface area contributed by atoms with Crippen molar-refractivity contribution in [1.29, 1.82) is 0 Å². The van der Waals surface area contributed by atoms with Crippen LogP contribution < -0.4 is 5.73 Å². The number of nitrogens with two attached hydrogens (primary N) is 1. The van der Waals surface area contributed by atoms with Crippen LogP contribution in [0.5, 0.6) is 0 Å². The Morgan fingerprint density at radius 1 is 1.41 bits per heavy atom. The Bertz CT molecular complexity index is 490. The van der Waals surface area contributed by atoms with E-state index >= 15 is 0 Å². The van der Waals surface area contributed by atoms with E-state index in [1.807, 2.05) is 43.2 Å². The van der Waals surface area contributed by atoms with Crippen molar-refractivity contribution in [3.63, 3.8) is 0 Å². The first-order valence-electron chi connectivity index (χ1n) is 5.81. The molecule has 0 aliphatic carbocycles. The highest BCUT2D eigenvalue weighted by molar-refractivity contribution is 5.24. The minimum absolute atomic E-state index is 0.0506. The number of hydrogen-bond donors (Lipinski definition) is 1. The first-order valence-corrected chi connectivity index (χ1v) is 5.81. The van der Waals surface area contributed by atoms with Gasteiger partial charge in [0.1, 0.15) is 5.82 Å². The lowest BCUT2D eigenvalue weighted by molar-refractivity contribution is 0.617. The van der Waals surface area contributed by atoms with Crippen molar-refractivity contribution in [2.75, 3.05) is 0 Å². The maximum absolute atomic E-state index is 6.20. The first-order chi connectivity index (χ1) is 8.18. The summed E-state index contributed by atoms with van der Waals surface area (Å²) in [5.41, 5.74) is 8.53. The van der Waals surface area contributed by atoms with E-state index in [2.05, 4.69) is 9.97 Å². The number of imidazole rings is 1. The van der Waals surface area contributed by atoms with E-state index in [-0.39, 0.29) is 6.04 Å². The van der Waals surface area contributed by atoms with Crippen molar-refractivity contribution in [2.45, 2.75) is 25.8 Å². The highest BCUT2D eigenvalue weighted by Gasteiger charge is 2.10. The molecule has 1 atom stereocenters. The molecular weight excluding hydrogens is 212 g/mol. The van der Waals surface area contributed by atoms with Gasteiger partial charge in [0, 0.05) is 44.3 Å². The van der Waals surface area contributed by atoms with E-state index in [9.17, 15) is 0 Å². The van der Waals surface area contributed by atoms with Gasteiger partial charge in [0.2, 0.25) is 0 Å². The molecule has 0 radical (unpaired) electrons. The van der Waals surface area contributed by atoms with Crippen molar-refractivity contribution in [3.05, 3.63) is 47.8 Å². The van der Waals surface area contributed by atoms with Gasteiger partial charge in [0.25, 0.3) is 0 Å². The van der Waals surface area contributed by atoms with Crippen LogP contribution in [0.15, 0.2) is 30.9 Å².